The molecule has 1 saturated carbocycles. The minimum atomic E-state index is -3.49. The highest BCUT2D eigenvalue weighted by molar-refractivity contribution is 7.89. The number of aryl methyl sites for hydroxylation is 1. The Balaban J connectivity index is 1.86. The summed E-state index contributed by atoms with van der Waals surface area (Å²) in [5.74, 6) is 0.407. The third kappa shape index (κ3) is 3.07. The van der Waals surface area contributed by atoms with Crippen molar-refractivity contribution >= 4 is 15.7 Å². The highest BCUT2D eigenvalue weighted by Gasteiger charge is 2.33. The molecule has 0 radical (unpaired) electrons. The van der Waals surface area contributed by atoms with Gasteiger partial charge in [-0.05, 0) is 49.3 Å². The van der Waals surface area contributed by atoms with Crippen LogP contribution in [0.2, 0.25) is 0 Å². The highest BCUT2D eigenvalue weighted by atomic mass is 32.2. The van der Waals surface area contributed by atoms with E-state index < -0.39 is 10.0 Å². The Morgan fingerprint density at radius 1 is 1.43 bits per heavy atom. The molecule has 1 atom stereocenters. The van der Waals surface area contributed by atoms with Gasteiger partial charge in [0, 0.05) is 31.9 Å². The molecule has 1 heterocycles. The summed E-state index contributed by atoms with van der Waals surface area (Å²) < 4.78 is 27.9. The molecule has 1 aliphatic carbocycles. The van der Waals surface area contributed by atoms with Crippen molar-refractivity contribution in [3.05, 3.63) is 23.8 Å². The average Bonchev–Trinajstić information content (AvgIpc) is 3.29. The number of nitrogens with two attached hydrogens (primary N) is 1. The van der Waals surface area contributed by atoms with Gasteiger partial charge in [0.1, 0.15) is 0 Å². The van der Waals surface area contributed by atoms with Crippen LogP contribution >= 0.6 is 0 Å². The van der Waals surface area contributed by atoms with Gasteiger partial charge >= 0.3 is 0 Å². The smallest absolute Gasteiger partial charge is 0.240 e. The fraction of sp³-hybridized carbons (Fsp3) is 0.600. The third-order valence-electron chi connectivity index (χ3n) is 4.47. The fourth-order valence-electron chi connectivity index (χ4n) is 3.01. The predicted molar refractivity (Wildman–Crippen MR) is 83.9 cm³/mol. The van der Waals surface area contributed by atoms with Crippen LogP contribution in [0.5, 0.6) is 0 Å². The zero-order valence-corrected chi connectivity index (χ0v) is 13.2. The Labute approximate surface area is 126 Å². The van der Waals surface area contributed by atoms with Gasteiger partial charge < -0.3 is 10.6 Å². The van der Waals surface area contributed by atoms with E-state index in [0.717, 1.165) is 37.9 Å². The van der Waals surface area contributed by atoms with Crippen LogP contribution in [0.25, 0.3) is 0 Å². The number of nitrogens with zero attached hydrogens (tertiary/aromatic N) is 1. The first kappa shape index (κ1) is 14.8. The molecule has 3 N–H and O–H groups in total. The van der Waals surface area contributed by atoms with Crippen LogP contribution in [0.1, 0.15) is 24.8 Å². The Morgan fingerprint density at radius 3 is 2.86 bits per heavy atom. The second-order valence-corrected chi connectivity index (χ2v) is 7.83. The second-order valence-electron chi connectivity index (χ2n) is 6.12. The van der Waals surface area contributed by atoms with Crippen molar-refractivity contribution in [1.82, 2.24) is 4.72 Å². The number of anilines is 1. The van der Waals surface area contributed by atoms with Crippen molar-refractivity contribution in [3.63, 3.8) is 0 Å². The molecule has 6 heteroatoms. The zero-order chi connectivity index (χ0) is 15.0. The molecule has 1 aliphatic heterocycles. The van der Waals surface area contributed by atoms with E-state index >= 15 is 0 Å². The maximum Gasteiger partial charge on any atom is 0.240 e. The molecule has 0 amide bonds. The van der Waals surface area contributed by atoms with Gasteiger partial charge in [-0.25, -0.2) is 13.1 Å². The number of hydrogen-bond donors (Lipinski definition) is 2. The zero-order valence-electron chi connectivity index (χ0n) is 12.4. The Bertz CT molecular complexity index is 626. The van der Waals surface area contributed by atoms with Crippen LogP contribution in [-0.4, -0.2) is 34.6 Å². The summed E-state index contributed by atoms with van der Waals surface area (Å²) in [5, 5.41) is 0. The largest absolute Gasteiger partial charge is 0.374 e. The summed E-state index contributed by atoms with van der Waals surface area (Å²) in [7, 11) is -1.48. The van der Waals surface area contributed by atoms with Crippen LogP contribution in [0.15, 0.2) is 23.1 Å². The van der Waals surface area contributed by atoms with E-state index in [1.807, 2.05) is 13.1 Å². The van der Waals surface area contributed by atoms with E-state index in [0.29, 0.717) is 17.4 Å². The van der Waals surface area contributed by atoms with E-state index in [4.69, 9.17) is 5.73 Å². The molecule has 0 unspecified atom stereocenters. The van der Waals surface area contributed by atoms with E-state index in [9.17, 15) is 8.42 Å². The molecule has 3 rings (SSSR count). The molecule has 2 aliphatic rings. The highest BCUT2D eigenvalue weighted by Crippen LogP contribution is 2.33. The summed E-state index contributed by atoms with van der Waals surface area (Å²) in [5.41, 5.74) is 7.95. The summed E-state index contributed by atoms with van der Waals surface area (Å²) in [6, 6.07) is 5.30. The predicted octanol–water partition coefficient (Wildman–Crippen LogP) is 1.08. The molecule has 116 valence electrons. The van der Waals surface area contributed by atoms with Gasteiger partial charge in [0.2, 0.25) is 10.0 Å². The summed E-state index contributed by atoms with van der Waals surface area (Å²) in [6.07, 6.45) is 4.26. The quantitative estimate of drug-likeness (QED) is 0.853. The first-order valence-electron chi connectivity index (χ1n) is 7.58. The molecule has 1 aromatic rings. The summed E-state index contributed by atoms with van der Waals surface area (Å²) in [6.45, 7) is 1.33. The molecule has 0 saturated heterocycles. The van der Waals surface area contributed by atoms with E-state index in [1.54, 1.807) is 12.1 Å². The normalized spacial score (nSPS) is 20.2. The molecule has 1 fully saturated rings. The lowest BCUT2D eigenvalue weighted by Crippen LogP contribution is -2.41. The van der Waals surface area contributed by atoms with Crippen LogP contribution in [0, 0.1) is 5.92 Å². The van der Waals surface area contributed by atoms with Gasteiger partial charge in [-0.3, -0.25) is 0 Å². The first-order chi connectivity index (χ1) is 10.0. The van der Waals surface area contributed by atoms with Gasteiger partial charge in [-0.1, -0.05) is 6.07 Å². The maximum absolute atomic E-state index is 12.5. The Kier molecular flexibility index (Phi) is 3.94. The van der Waals surface area contributed by atoms with Crippen molar-refractivity contribution in [1.29, 1.82) is 0 Å². The number of hydrogen-bond acceptors (Lipinski definition) is 4. The second kappa shape index (κ2) is 5.59. The van der Waals surface area contributed by atoms with Crippen molar-refractivity contribution in [2.75, 3.05) is 25.0 Å². The number of fused-ring (bicyclic) bond motifs is 1. The van der Waals surface area contributed by atoms with Crippen LogP contribution < -0.4 is 15.4 Å². The summed E-state index contributed by atoms with van der Waals surface area (Å²) in [4.78, 5) is 2.47. The van der Waals surface area contributed by atoms with Crippen LogP contribution in [0.4, 0.5) is 5.69 Å². The van der Waals surface area contributed by atoms with E-state index in [-0.39, 0.29) is 6.04 Å². The SMILES string of the molecule is CN1CCCc2ccc(S(=O)(=O)N[C@@H](CN)C3CC3)cc21. The molecule has 21 heavy (non-hydrogen) atoms. The number of benzene rings is 1. The van der Waals surface area contributed by atoms with Crippen molar-refractivity contribution in [2.24, 2.45) is 11.7 Å². The monoisotopic (exact) mass is 309 g/mol. The van der Waals surface area contributed by atoms with Gasteiger partial charge in [-0.2, -0.15) is 0 Å². The van der Waals surface area contributed by atoms with Crippen molar-refractivity contribution in [3.8, 4) is 0 Å². The molecule has 0 spiro atoms. The van der Waals surface area contributed by atoms with Crippen LogP contribution in [0.3, 0.4) is 0 Å². The van der Waals surface area contributed by atoms with E-state index in [1.165, 1.54) is 5.56 Å². The fourth-order valence-corrected chi connectivity index (χ4v) is 4.34. The van der Waals surface area contributed by atoms with Crippen LogP contribution in [-0.2, 0) is 16.4 Å². The Hall–Kier alpha value is -1.11. The number of sulfonamides is 1. The minimum Gasteiger partial charge on any atom is -0.374 e. The molecule has 0 bridgehead atoms. The summed E-state index contributed by atoms with van der Waals surface area (Å²) >= 11 is 0. The molecule has 0 aromatic heterocycles. The first-order valence-corrected chi connectivity index (χ1v) is 9.06. The standard InChI is InChI=1S/C15H23N3O2S/c1-18-8-2-3-12-6-7-13(9-15(12)18)21(19,20)17-14(10-16)11-4-5-11/h6-7,9,11,14,17H,2-5,8,10,16H2,1H3/t14-/m0/s1. The molecular formula is C15H23N3O2S. The lowest BCUT2D eigenvalue weighted by molar-refractivity contribution is 0.519. The van der Waals surface area contributed by atoms with Crippen molar-refractivity contribution in [2.45, 2.75) is 36.6 Å². The third-order valence-corrected chi connectivity index (χ3v) is 5.96. The van der Waals surface area contributed by atoms with Crippen molar-refractivity contribution < 1.29 is 8.42 Å². The number of nitrogens with one attached hydrogen (secondary N) is 1. The molecular weight excluding hydrogens is 286 g/mol. The Morgan fingerprint density at radius 2 is 2.19 bits per heavy atom. The van der Waals surface area contributed by atoms with Gasteiger partial charge in [0.25, 0.3) is 0 Å². The average molecular weight is 309 g/mol. The molecule has 1 aromatic carbocycles. The maximum atomic E-state index is 12.5. The topological polar surface area (TPSA) is 75.4 Å². The minimum absolute atomic E-state index is 0.135. The number of rotatable bonds is 5. The lowest BCUT2D eigenvalue weighted by Gasteiger charge is -2.28. The van der Waals surface area contributed by atoms with Gasteiger partial charge in [0.15, 0.2) is 0 Å². The molecule has 5 nitrogen and oxygen atoms in total. The van der Waals surface area contributed by atoms with Gasteiger partial charge in [-0.15, -0.1) is 0 Å². The van der Waals surface area contributed by atoms with E-state index in [2.05, 4.69) is 9.62 Å². The lowest BCUT2D eigenvalue weighted by atomic mass is 10.0. The van der Waals surface area contributed by atoms with Gasteiger partial charge in [0.05, 0.1) is 4.90 Å².